The third kappa shape index (κ3) is 1.24. The minimum absolute atomic E-state index is 0.333. The van der Waals surface area contributed by atoms with Crippen molar-refractivity contribution in [2.45, 2.75) is 25.7 Å². The van der Waals surface area contributed by atoms with Crippen molar-refractivity contribution >= 4 is 5.78 Å². The van der Waals surface area contributed by atoms with Gasteiger partial charge in [-0.2, -0.15) is 0 Å². The van der Waals surface area contributed by atoms with Gasteiger partial charge in [0.1, 0.15) is 0 Å². The van der Waals surface area contributed by atoms with Crippen LogP contribution in [0.1, 0.15) is 25.7 Å². The number of rotatable bonds is 1. The van der Waals surface area contributed by atoms with Crippen molar-refractivity contribution in [3.63, 3.8) is 0 Å². The van der Waals surface area contributed by atoms with Gasteiger partial charge in [-0.05, 0) is 37.2 Å². The lowest BCUT2D eigenvalue weighted by Gasteiger charge is -2.25. The Morgan fingerprint density at radius 2 is 2.42 bits per heavy atom. The van der Waals surface area contributed by atoms with Gasteiger partial charge in [-0.1, -0.05) is 11.6 Å². The maximum absolute atomic E-state index is 11.1. The maximum Gasteiger partial charge on any atom is 0.156 e. The molecule has 1 saturated carbocycles. The molecule has 0 aromatic heterocycles. The molecule has 0 aromatic rings. The third-order valence-electron chi connectivity index (χ3n) is 3.04. The second-order valence-electron chi connectivity index (χ2n) is 3.86. The van der Waals surface area contributed by atoms with Crippen molar-refractivity contribution < 1.29 is 4.79 Å². The van der Waals surface area contributed by atoms with Crippen molar-refractivity contribution in [1.82, 2.24) is 0 Å². The lowest BCUT2D eigenvalue weighted by molar-refractivity contribution is -0.114. The summed E-state index contributed by atoms with van der Waals surface area (Å²) in [5, 5.41) is 0. The molecule has 2 rings (SSSR count). The Bertz CT molecular complexity index is 250. The lowest BCUT2D eigenvalue weighted by Crippen LogP contribution is -2.14. The first-order chi connectivity index (χ1) is 5.79. The standard InChI is InChI=1S/C11H14O/c1-2-8-3-4-9-6-11(12)7-10(9)5-8/h2,6,8,10H,1,3-5,7H2/t8-,10+/m1/s1. The van der Waals surface area contributed by atoms with Gasteiger partial charge in [-0.25, -0.2) is 0 Å². The number of carbonyl (C=O) groups is 1. The van der Waals surface area contributed by atoms with Gasteiger partial charge < -0.3 is 0 Å². The Labute approximate surface area is 73.2 Å². The van der Waals surface area contributed by atoms with Crippen LogP contribution in [0.4, 0.5) is 0 Å². The van der Waals surface area contributed by atoms with Crippen LogP contribution in [0.5, 0.6) is 0 Å². The smallest absolute Gasteiger partial charge is 0.156 e. The van der Waals surface area contributed by atoms with E-state index >= 15 is 0 Å². The van der Waals surface area contributed by atoms with Crippen LogP contribution in [0.15, 0.2) is 24.3 Å². The molecule has 0 radical (unpaired) electrons. The fourth-order valence-corrected chi connectivity index (χ4v) is 2.32. The van der Waals surface area contributed by atoms with E-state index < -0.39 is 0 Å². The molecule has 0 unspecified atom stereocenters. The molecule has 1 nitrogen and oxygen atoms in total. The van der Waals surface area contributed by atoms with E-state index in [0.29, 0.717) is 17.6 Å². The lowest BCUT2D eigenvalue weighted by atomic mass is 9.79. The molecule has 2 atom stereocenters. The second-order valence-corrected chi connectivity index (χ2v) is 3.86. The number of allylic oxidation sites excluding steroid dienone is 3. The van der Waals surface area contributed by atoms with E-state index in [-0.39, 0.29) is 0 Å². The van der Waals surface area contributed by atoms with Gasteiger partial charge in [0.05, 0.1) is 0 Å². The first-order valence-electron chi connectivity index (χ1n) is 4.65. The molecule has 2 aliphatic carbocycles. The number of hydrogen-bond donors (Lipinski definition) is 0. The van der Waals surface area contributed by atoms with E-state index in [9.17, 15) is 4.79 Å². The quantitative estimate of drug-likeness (QED) is 0.541. The third-order valence-corrected chi connectivity index (χ3v) is 3.04. The summed E-state index contributed by atoms with van der Waals surface area (Å²) in [6, 6.07) is 0. The van der Waals surface area contributed by atoms with Crippen LogP contribution in [0.3, 0.4) is 0 Å². The molecule has 0 saturated heterocycles. The van der Waals surface area contributed by atoms with Gasteiger partial charge in [-0.3, -0.25) is 4.79 Å². The van der Waals surface area contributed by atoms with Crippen LogP contribution in [0.2, 0.25) is 0 Å². The highest BCUT2D eigenvalue weighted by atomic mass is 16.1. The van der Waals surface area contributed by atoms with Gasteiger partial charge in [0.25, 0.3) is 0 Å². The predicted molar refractivity (Wildman–Crippen MR) is 48.7 cm³/mol. The molecule has 0 N–H and O–H groups in total. The summed E-state index contributed by atoms with van der Waals surface area (Å²) >= 11 is 0. The Hall–Kier alpha value is -0.850. The molecular weight excluding hydrogens is 148 g/mol. The first-order valence-corrected chi connectivity index (χ1v) is 4.65. The molecule has 64 valence electrons. The molecule has 1 heteroatoms. The van der Waals surface area contributed by atoms with Crippen LogP contribution in [-0.4, -0.2) is 5.78 Å². The molecule has 0 aliphatic heterocycles. The average molecular weight is 162 g/mol. The molecule has 0 aromatic carbocycles. The zero-order valence-electron chi connectivity index (χ0n) is 7.25. The van der Waals surface area contributed by atoms with E-state index in [1.54, 1.807) is 0 Å². The summed E-state index contributed by atoms with van der Waals surface area (Å²) in [5.74, 6) is 1.55. The summed E-state index contributed by atoms with van der Waals surface area (Å²) in [6.45, 7) is 3.81. The van der Waals surface area contributed by atoms with E-state index in [0.717, 1.165) is 19.3 Å². The van der Waals surface area contributed by atoms with Gasteiger partial charge in [0.15, 0.2) is 5.78 Å². The van der Waals surface area contributed by atoms with Gasteiger partial charge in [-0.15, -0.1) is 6.58 Å². The van der Waals surface area contributed by atoms with Crippen LogP contribution >= 0.6 is 0 Å². The predicted octanol–water partition coefficient (Wildman–Crippen LogP) is 2.49. The molecule has 2 aliphatic rings. The fourth-order valence-electron chi connectivity index (χ4n) is 2.32. The molecular formula is C11H14O. The van der Waals surface area contributed by atoms with Gasteiger partial charge in [0, 0.05) is 6.42 Å². The van der Waals surface area contributed by atoms with Crippen LogP contribution in [0, 0.1) is 11.8 Å². The maximum atomic E-state index is 11.1. The molecule has 12 heavy (non-hydrogen) atoms. The normalized spacial score (nSPS) is 34.3. The first kappa shape index (κ1) is 7.78. The van der Waals surface area contributed by atoms with E-state index in [1.165, 1.54) is 12.0 Å². The minimum atomic E-state index is 0.333. The Balaban J connectivity index is 2.10. The molecule has 0 heterocycles. The van der Waals surface area contributed by atoms with Crippen molar-refractivity contribution in [3.05, 3.63) is 24.3 Å². The summed E-state index contributed by atoms with van der Waals surface area (Å²) in [7, 11) is 0. The SMILES string of the molecule is C=C[C@@H]1CCC2=CC(=O)C[C@@H]2C1. The van der Waals surface area contributed by atoms with Crippen LogP contribution in [0.25, 0.3) is 0 Å². The van der Waals surface area contributed by atoms with Crippen molar-refractivity contribution in [3.8, 4) is 0 Å². The van der Waals surface area contributed by atoms with Gasteiger partial charge >= 0.3 is 0 Å². The zero-order valence-corrected chi connectivity index (χ0v) is 7.25. The second kappa shape index (κ2) is 2.89. The number of hydrogen-bond acceptors (Lipinski definition) is 1. The van der Waals surface area contributed by atoms with Crippen molar-refractivity contribution in [2.24, 2.45) is 11.8 Å². The topological polar surface area (TPSA) is 17.1 Å². The van der Waals surface area contributed by atoms with E-state index in [2.05, 4.69) is 6.58 Å². The monoisotopic (exact) mass is 162 g/mol. The molecule has 0 amide bonds. The largest absolute Gasteiger partial charge is 0.295 e. The highest BCUT2D eigenvalue weighted by Crippen LogP contribution is 2.39. The number of carbonyl (C=O) groups excluding carboxylic acids is 1. The summed E-state index contributed by atoms with van der Waals surface area (Å²) in [5.41, 5.74) is 1.40. The van der Waals surface area contributed by atoms with E-state index in [1.807, 2.05) is 12.2 Å². The zero-order chi connectivity index (χ0) is 8.55. The fraction of sp³-hybridized carbons (Fsp3) is 0.545. The van der Waals surface area contributed by atoms with Crippen molar-refractivity contribution in [1.29, 1.82) is 0 Å². The molecule has 1 fully saturated rings. The van der Waals surface area contributed by atoms with Crippen LogP contribution < -0.4 is 0 Å². The Morgan fingerprint density at radius 1 is 1.58 bits per heavy atom. The number of fused-ring (bicyclic) bond motifs is 1. The molecule has 0 bridgehead atoms. The Morgan fingerprint density at radius 3 is 3.17 bits per heavy atom. The average Bonchev–Trinajstić information content (AvgIpc) is 2.43. The van der Waals surface area contributed by atoms with Crippen molar-refractivity contribution in [2.75, 3.05) is 0 Å². The molecule has 0 spiro atoms. The number of ketones is 1. The van der Waals surface area contributed by atoms with Crippen LogP contribution in [-0.2, 0) is 4.79 Å². The minimum Gasteiger partial charge on any atom is -0.295 e. The Kier molecular flexibility index (Phi) is 1.87. The summed E-state index contributed by atoms with van der Waals surface area (Å²) < 4.78 is 0. The van der Waals surface area contributed by atoms with Gasteiger partial charge in [0.2, 0.25) is 0 Å². The summed E-state index contributed by atoms with van der Waals surface area (Å²) in [4.78, 5) is 11.1. The van der Waals surface area contributed by atoms with E-state index in [4.69, 9.17) is 0 Å². The highest BCUT2D eigenvalue weighted by Gasteiger charge is 2.30. The summed E-state index contributed by atoms with van der Waals surface area (Å²) in [6.07, 6.45) is 8.14. The highest BCUT2D eigenvalue weighted by molar-refractivity contribution is 5.93.